The number of carboxylic acid groups (broad SMARTS) is 1. The Morgan fingerprint density at radius 1 is 0.660 bits per heavy atom. The van der Waals surface area contributed by atoms with Gasteiger partial charge in [0.1, 0.15) is 30.5 Å². The predicted molar refractivity (Wildman–Crippen MR) is 205 cm³/mol. The number of carbonyl (C=O) groups is 7. The molecular weight excluding hydrogens is 680 g/mol. The van der Waals surface area contributed by atoms with Crippen LogP contribution in [0.15, 0.2) is 0 Å². The fourth-order valence-electron chi connectivity index (χ4n) is 6.52. The van der Waals surface area contributed by atoms with Crippen LogP contribution in [0.25, 0.3) is 0 Å². The van der Waals surface area contributed by atoms with Crippen molar-refractivity contribution in [2.45, 2.75) is 168 Å². The first-order chi connectivity index (χ1) is 25.2. The normalized spacial score (nSPS) is 15.8. The molecule has 1 rings (SSSR count). The molecule has 5 amide bonds. The molecule has 1 fully saturated rings. The molecule has 4 atom stereocenters. The molecule has 0 radical (unpaired) electrons. The van der Waals surface area contributed by atoms with E-state index in [9.17, 15) is 33.6 Å². The summed E-state index contributed by atoms with van der Waals surface area (Å²) in [7, 11) is 0. The summed E-state index contributed by atoms with van der Waals surface area (Å²) >= 11 is 0. The number of likely N-dealkylation sites (tertiary alicyclic amines) is 1. The van der Waals surface area contributed by atoms with Gasteiger partial charge in [-0.05, 0) is 38.0 Å². The van der Waals surface area contributed by atoms with Crippen molar-refractivity contribution in [3.63, 3.8) is 0 Å². The second-order valence-electron chi connectivity index (χ2n) is 15.2. The zero-order valence-electron chi connectivity index (χ0n) is 33.4. The number of unbranched alkanes of at least 4 members (excludes halogenated alkanes) is 12. The smallest absolute Gasteiger partial charge is 0.322 e. The standard InChI is InChI=1S/C39H70N6O8/c1-7-8-9-10-11-12-13-14-15-16-17-18-19-21-30(46)24-40-34(27(2)3)37(51)41-25-32(47)44-35(28(4)5)38(52)43-29(6)39(53)45-23-20-22-31(45)36(50)42-26-33(48)49/h27-29,31,34-35,40H,7-26H2,1-6H3,(H,41,51)(H,42,50)(H,43,52)(H,44,47)(H,48,49)/t29-,31-,34-,35-/m0/s1. The monoisotopic (exact) mass is 751 g/mol. The van der Waals surface area contributed by atoms with Crippen LogP contribution in [-0.2, 0) is 33.6 Å². The van der Waals surface area contributed by atoms with E-state index in [0.29, 0.717) is 19.3 Å². The van der Waals surface area contributed by atoms with Crippen molar-refractivity contribution in [2.75, 3.05) is 26.2 Å². The van der Waals surface area contributed by atoms with Crippen LogP contribution in [0.4, 0.5) is 0 Å². The Labute approximate surface area is 317 Å². The maximum absolute atomic E-state index is 13.2. The summed E-state index contributed by atoms with van der Waals surface area (Å²) in [5.41, 5.74) is 0. The molecular formula is C39H70N6O8. The van der Waals surface area contributed by atoms with E-state index >= 15 is 0 Å². The summed E-state index contributed by atoms with van der Waals surface area (Å²) in [5, 5.41) is 22.0. The van der Waals surface area contributed by atoms with E-state index in [4.69, 9.17) is 5.11 Å². The van der Waals surface area contributed by atoms with Gasteiger partial charge < -0.3 is 31.3 Å². The molecule has 0 spiro atoms. The summed E-state index contributed by atoms with van der Waals surface area (Å²) in [6.07, 6.45) is 17.5. The molecule has 0 aliphatic carbocycles. The Morgan fingerprint density at radius 3 is 1.74 bits per heavy atom. The Kier molecular flexibility index (Phi) is 24.3. The fourth-order valence-corrected chi connectivity index (χ4v) is 6.52. The Bertz CT molecular complexity index is 1160. The molecule has 1 heterocycles. The molecule has 1 aliphatic rings. The maximum Gasteiger partial charge on any atom is 0.322 e. The van der Waals surface area contributed by atoms with E-state index in [-0.39, 0.29) is 37.3 Å². The zero-order chi connectivity index (χ0) is 39.8. The van der Waals surface area contributed by atoms with Crippen LogP contribution in [0.5, 0.6) is 0 Å². The Morgan fingerprint density at radius 2 is 1.21 bits per heavy atom. The largest absolute Gasteiger partial charge is 0.480 e. The Hall–Kier alpha value is -3.55. The number of ketones is 1. The second-order valence-corrected chi connectivity index (χ2v) is 15.2. The van der Waals surface area contributed by atoms with Crippen molar-refractivity contribution in [3.8, 4) is 0 Å². The van der Waals surface area contributed by atoms with Crippen molar-refractivity contribution in [1.29, 1.82) is 0 Å². The quantitative estimate of drug-likeness (QED) is 0.0618. The lowest BCUT2D eigenvalue weighted by molar-refractivity contribution is -0.142. The van der Waals surface area contributed by atoms with Crippen molar-refractivity contribution >= 4 is 41.3 Å². The van der Waals surface area contributed by atoms with E-state index in [2.05, 4.69) is 33.5 Å². The number of rotatable bonds is 29. The summed E-state index contributed by atoms with van der Waals surface area (Å²) in [5.74, 6) is -4.35. The van der Waals surface area contributed by atoms with E-state index in [0.717, 1.165) is 19.3 Å². The number of hydrogen-bond acceptors (Lipinski definition) is 8. The lowest BCUT2D eigenvalue weighted by Crippen LogP contribution is -2.58. The number of amides is 5. The highest BCUT2D eigenvalue weighted by Crippen LogP contribution is 2.19. The van der Waals surface area contributed by atoms with Gasteiger partial charge in [-0.1, -0.05) is 112 Å². The topological polar surface area (TPSA) is 203 Å². The molecule has 1 aliphatic heterocycles. The van der Waals surface area contributed by atoms with E-state index in [1.54, 1.807) is 13.8 Å². The molecule has 14 heteroatoms. The van der Waals surface area contributed by atoms with Gasteiger partial charge in [-0.2, -0.15) is 0 Å². The van der Waals surface area contributed by atoms with Gasteiger partial charge in [0.15, 0.2) is 0 Å². The minimum Gasteiger partial charge on any atom is -0.480 e. The molecule has 0 bridgehead atoms. The van der Waals surface area contributed by atoms with E-state index in [1.807, 2.05) is 13.8 Å². The van der Waals surface area contributed by atoms with Crippen LogP contribution in [0, 0.1) is 11.8 Å². The molecule has 0 aromatic carbocycles. The van der Waals surface area contributed by atoms with Gasteiger partial charge in [0.05, 0.1) is 19.1 Å². The third kappa shape index (κ3) is 19.9. The summed E-state index contributed by atoms with van der Waals surface area (Å²) in [4.78, 5) is 89.3. The van der Waals surface area contributed by atoms with Gasteiger partial charge in [-0.15, -0.1) is 0 Å². The lowest BCUT2D eigenvalue weighted by atomic mass is 10.0. The first kappa shape index (κ1) is 47.5. The number of carboxylic acids is 1. The molecule has 0 saturated carbocycles. The first-order valence-electron chi connectivity index (χ1n) is 20.1. The highest BCUT2D eigenvalue weighted by Gasteiger charge is 2.37. The second kappa shape index (κ2) is 27.1. The van der Waals surface area contributed by atoms with Gasteiger partial charge in [-0.3, -0.25) is 38.9 Å². The minimum absolute atomic E-state index is 0.0458. The van der Waals surface area contributed by atoms with E-state index < -0.39 is 66.2 Å². The van der Waals surface area contributed by atoms with Crippen molar-refractivity contribution in [2.24, 2.45) is 11.8 Å². The molecule has 0 unspecified atom stereocenters. The number of nitrogens with one attached hydrogen (secondary N) is 5. The highest BCUT2D eigenvalue weighted by atomic mass is 16.4. The molecule has 0 aromatic heterocycles. The molecule has 14 nitrogen and oxygen atoms in total. The Balaban J connectivity index is 2.44. The molecule has 1 saturated heterocycles. The van der Waals surface area contributed by atoms with E-state index in [1.165, 1.54) is 76.0 Å². The number of hydrogen-bond donors (Lipinski definition) is 6. The fraction of sp³-hybridized carbons (Fsp3) is 0.821. The zero-order valence-corrected chi connectivity index (χ0v) is 33.4. The summed E-state index contributed by atoms with van der Waals surface area (Å²) in [6.45, 7) is 10.3. The average molecular weight is 751 g/mol. The van der Waals surface area contributed by atoms with Gasteiger partial charge in [0, 0.05) is 13.0 Å². The highest BCUT2D eigenvalue weighted by molar-refractivity contribution is 5.95. The van der Waals surface area contributed by atoms with Gasteiger partial charge in [-0.25, -0.2) is 0 Å². The van der Waals surface area contributed by atoms with Crippen LogP contribution in [-0.4, -0.2) is 102 Å². The number of Topliss-reactive ketones (excluding diaryl/α,β-unsaturated/α-hetero) is 1. The summed E-state index contributed by atoms with van der Waals surface area (Å²) in [6, 6.07) is -3.55. The third-order valence-corrected chi connectivity index (χ3v) is 9.70. The molecule has 53 heavy (non-hydrogen) atoms. The van der Waals surface area contributed by atoms with Crippen LogP contribution in [0.3, 0.4) is 0 Å². The van der Waals surface area contributed by atoms with Crippen LogP contribution in [0.2, 0.25) is 0 Å². The molecule has 304 valence electrons. The molecule has 6 N–H and O–H groups in total. The van der Waals surface area contributed by atoms with Crippen molar-refractivity contribution in [3.05, 3.63) is 0 Å². The average Bonchev–Trinajstić information content (AvgIpc) is 3.60. The van der Waals surface area contributed by atoms with Crippen molar-refractivity contribution in [1.82, 2.24) is 31.5 Å². The maximum atomic E-state index is 13.2. The number of aliphatic carboxylic acids is 1. The summed E-state index contributed by atoms with van der Waals surface area (Å²) < 4.78 is 0. The van der Waals surface area contributed by atoms with Crippen molar-refractivity contribution < 1.29 is 38.7 Å². The van der Waals surface area contributed by atoms with Crippen LogP contribution in [0.1, 0.15) is 144 Å². The van der Waals surface area contributed by atoms with Gasteiger partial charge >= 0.3 is 5.97 Å². The predicted octanol–water partition coefficient (Wildman–Crippen LogP) is 3.60. The van der Waals surface area contributed by atoms with Crippen LogP contribution >= 0.6 is 0 Å². The number of nitrogens with zero attached hydrogens (tertiary/aromatic N) is 1. The first-order valence-corrected chi connectivity index (χ1v) is 20.1. The third-order valence-electron chi connectivity index (χ3n) is 9.70. The van der Waals surface area contributed by atoms with Gasteiger partial charge in [0.25, 0.3) is 0 Å². The number of carbonyl (C=O) groups excluding carboxylic acids is 6. The van der Waals surface area contributed by atoms with Crippen LogP contribution < -0.4 is 26.6 Å². The van der Waals surface area contributed by atoms with Gasteiger partial charge in [0.2, 0.25) is 29.5 Å². The molecule has 0 aromatic rings. The lowest BCUT2D eigenvalue weighted by Gasteiger charge is -2.29. The minimum atomic E-state index is -1.20. The SMILES string of the molecule is CCCCCCCCCCCCCCCC(=O)CN[C@H](C(=O)NCC(=O)N[C@H](C(=O)N[C@@H](C)C(=O)N1CCC[C@H]1C(=O)NCC(=O)O)C(C)C)C(C)C.